The van der Waals surface area contributed by atoms with Crippen LogP contribution in [0.25, 0.3) is 0 Å². The van der Waals surface area contributed by atoms with E-state index in [1.54, 1.807) is 62.3 Å². The highest BCUT2D eigenvalue weighted by Crippen LogP contribution is 2.14. The van der Waals surface area contributed by atoms with Crippen molar-refractivity contribution in [1.82, 2.24) is 10.6 Å². The van der Waals surface area contributed by atoms with Crippen LogP contribution in [0, 0.1) is 0 Å². The van der Waals surface area contributed by atoms with Crippen LogP contribution in [0.2, 0.25) is 0 Å². The fourth-order valence-corrected chi connectivity index (χ4v) is 2.75. The maximum Gasteiger partial charge on any atom is 0.329 e. The molecule has 0 unspecified atom stereocenters. The Morgan fingerprint density at radius 3 is 1.42 bits per heavy atom. The van der Waals surface area contributed by atoms with Gasteiger partial charge in [-0.3, -0.25) is 4.79 Å². The first-order chi connectivity index (χ1) is 15.3. The van der Waals surface area contributed by atoms with Gasteiger partial charge in [-0.15, -0.1) is 0 Å². The molecular weight excluding hydrogens is 506 g/mol. The van der Waals surface area contributed by atoms with Crippen LogP contribution >= 0.6 is 27.0 Å². The molecule has 0 saturated carbocycles. The van der Waals surface area contributed by atoms with Crippen molar-refractivity contribution < 1.29 is 33.4 Å². The van der Waals surface area contributed by atoms with Gasteiger partial charge in [-0.25, -0.2) is 14.4 Å². The predicted octanol–water partition coefficient (Wildman–Crippen LogP) is 3.18. The second-order valence-corrected chi connectivity index (χ2v) is 11.2. The number of hydrogen-bond donors (Lipinski definition) is 3. The van der Waals surface area contributed by atoms with E-state index in [0.29, 0.717) is 25.8 Å². The van der Waals surface area contributed by atoms with E-state index in [4.69, 9.17) is 19.9 Å². The van der Waals surface area contributed by atoms with Crippen molar-refractivity contribution in [3.8, 4) is 0 Å². The monoisotopic (exact) mass is 555 g/mol. The molecule has 2 atom stereocenters. The van der Waals surface area contributed by atoms with Crippen LogP contribution in [0.15, 0.2) is 0 Å². The van der Waals surface area contributed by atoms with E-state index in [1.807, 2.05) is 0 Å². The molecule has 0 spiro atoms. The molecule has 0 aromatic rings. The number of hydrogen-bond acceptors (Lipinski definition) is 8. The minimum absolute atomic E-state index is 0. The first-order valence-corrected chi connectivity index (χ1v) is 11.8. The number of ether oxygens (including phenoxy) is 3. The van der Waals surface area contributed by atoms with Crippen LogP contribution in [-0.2, 0) is 28.6 Å². The summed E-state index contributed by atoms with van der Waals surface area (Å²) in [5.41, 5.74) is 3.34. The lowest BCUT2D eigenvalue weighted by molar-refractivity contribution is -0.159. The molecule has 4 N–H and O–H groups in total. The van der Waals surface area contributed by atoms with Crippen molar-refractivity contribution in [2.24, 2.45) is 5.73 Å². The van der Waals surface area contributed by atoms with E-state index in [2.05, 4.69) is 10.6 Å². The summed E-state index contributed by atoms with van der Waals surface area (Å²) in [6.45, 7) is 16.0. The topological polar surface area (TPSA) is 146 Å². The Balaban J connectivity index is -0.00000544. The Morgan fingerprint density at radius 2 is 1.06 bits per heavy atom. The number of esters is 3. The highest BCUT2D eigenvalue weighted by Gasteiger charge is 2.31. The van der Waals surface area contributed by atoms with Gasteiger partial charge in [0.1, 0.15) is 28.9 Å². The summed E-state index contributed by atoms with van der Waals surface area (Å²) in [7, 11) is 0. The molecule has 2 amide bonds. The Bertz CT molecular complexity index is 699. The SMILES string of the molecule is CC(C)(C)OC(=O)CC[C@H](NC(=O)N[C@@H](CCCCN)C(=O)OC(C)(C)C)C(=O)OC(C)(C)C.S.S. The number of rotatable bonds is 11. The molecule has 0 heterocycles. The van der Waals surface area contributed by atoms with E-state index in [1.165, 1.54) is 0 Å². The highest BCUT2D eigenvalue weighted by atomic mass is 32.1. The predicted molar refractivity (Wildman–Crippen MR) is 150 cm³/mol. The molecular formula is C24H49N3O7S2. The third-order valence-electron chi connectivity index (χ3n) is 4.00. The van der Waals surface area contributed by atoms with Gasteiger partial charge in [0, 0.05) is 6.42 Å². The molecule has 0 bridgehead atoms. The quantitative estimate of drug-likeness (QED) is 0.200. The molecule has 0 aromatic carbocycles. The standard InChI is InChI=1S/C24H45N3O7.2H2S/c1-22(2,3)32-18(28)14-13-17(20(30)34-24(7,8)9)27-21(31)26-16(12-10-11-15-25)19(29)33-23(4,5)6;;/h16-17H,10-15,25H2,1-9H3,(H2,26,27,31);2*1H2/t16-,17-;;/m0../s1. The zero-order valence-electron chi connectivity index (χ0n) is 23.3. The summed E-state index contributed by atoms with van der Waals surface area (Å²) in [6, 6.07) is -2.78. The van der Waals surface area contributed by atoms with Crippen molar-refractivity contribution >= 4 is 50.9 Å². The first kappa shape index (κ1) is 38.9. The Hall–Kier alpha value is -1.66. The normalized spacial score (nSPS) is 13.2. The third kappa shape index (κ3) is 20.5. The van der Waals surface area contributed by atoms with Crippen LogP contribution in [0.5, 0.6) is 0 Å². The fraction of sp³-hybridized carbons (Fsp3) is 0.833. The van der Waals surface area contributed by atoms with Crippen LogP contribution < -0.4 is 16.4 Å². The van der Waals surface area contributed by atoms with E-state index in [0.717, 1.165) is 0 Å². The Labute approximate surface area is 230 Å². The van der Waals surface area contributed by atoms with Crippen LogP contribution in [-0.4, -0.2) is 59.4 Å². The molecule has 36 heavy (non-hydrogen) atoms. The first-order valence-electron chi connectivity index (χ1n) is 11.8. The van der Waals surface area contributed by atoms with E-state index in [9.17, 15) is 19.2 Å². The highest BCUT2D eigenvalue weighted by molar-refractivity contribution is 7.59. The molecule has 0 aromatic heterocycles. The lowest BCUT2D eigenvalue weighted by Gasteiger charge is -2.27. The number of nitrogens with two attached hydrogens (primary N) is 1. The summed E-state index contributed by atoms with van der Waals surface area (Å²) in [5.74, 6) is -1.78. The summed E-state index contributed by atoms with van der Waals surface area (Å²) < 4.78 is 16.1. The number of nitrogens with one attached hydrogen (secondary N) is 2. The number of carbonyl (C=O) groups is 4. The molecule has 214 valence electrons. The summed E-state index contributed by atoms with van der Waals surface area (Å²) in [6.07, 6.45) is 1.48. The van der Waals surface area contributed by atoms with Crippen molar-refractivity contribution in [1.29, 1.82) is 0 Å². The molecule has 0 rings (SSSR count). The molecule has 10 nitrogen and oxygen atoms in total. The van der Waals surface area contributed by atoms with Crippen LogP contribution in [0.1, 0.15) is 94.4 Å². The van der Waals surface area contributed by atoms with Gasteiger partial charge < -0.3 is 30.6 Å². The van der Waals surface area contributed by atoms with E-state index in [-0.39, 0.29) is 39.8 Å². The Morgan fingerprint density at radius 1 is 0.667 bits per heavy atom. The number of carbonyl (C=O) groups excluding carboxylic acids is 4. The van der Waals surface area contributed by atoms with Crippen molar-refractivity contribution in [2.75, 3.05) is 6.54 Å². The van der Waals surface area contributed by atoms with Gasteiger partial charge >= 0.3 is 23.9 Å². The second-order valence-electron chi connectivity index (χ2n) is 11.2. The molecule has 0 radical (unpaired) electrons. The molecule has 0 aliphatic heterocycles. The molecule has 12 heteroatoms. The summed E-state index contributed by atoms with van der Waals surface area (Å²) in [4.78, 5) is 50.1. The maximum atomic E-state index is 12.7. The number of urea groups is 1. The minimum Gasteiger partial charge on any atom is -0.460 e. The van der Waals surface area contributed by atoms with Crippen molar-refractivity contribution in [2.45, 2.75) is 123 Å². The fourth-order valence-electron chi connectivity index (χ4n) is 2.75. The lowest BCUT2D eigenvalue weighted by Crippen LogP contribution is -2.53. The van der Waals surface area contributed by atoms with Gasteiger partial charge in [0.25, 0.3) is 0 Å². The summed E-state index contributed by atoms with van der Waals surface area (Å²) >= 11 is 0. The van der Waals surface area contributed by atoms with Gasteiger partial charge in [0.15, 0.2) is 0 Å². The number of amides is 2. The van der Waals surface area contributed by atoms with Crippen LogP contribution in [0.3, 0.4) is 0 Å². The third-order valence-corrected chi connectivity index (χ3v) is 4.00. The molecule has 0 aliphatic rings. The van der Waals surface area contributed by atoms with E-state index >= 15 is 0 Å². The lowest BCUT2D eigenvalue weighted by atomic mass is 10.1. The van der Waals surface area contributed by atoms with E-state index < -0.39 is 52.8 Å². The molecule has 0 saturated heterocycles. The van der Waals surface area contributed by atoms with Gasteiger partial charge in [0.05, 0.1) is 0 Å². The largest absolute Gasteiger partial charge is 0.460 e. The maximum absolute atomic E-state index is 12.7. The molecule has 0 aliphatic carbocycles. The minimum atomic E-state index is -1.12. The average Bonchev–Trinajstić information content (AvgIpc) is 2.60. The van der Waals surface area contributed by atoms with Crippen LogP contribution in [0.4, 0.5) is 4.79 Å². The second kappa shape index (κ2) is 17.0. The van der Waals surface area contributed by atoms with Gasteiger partial charge in [-0.05, 0) is 94.5 Å². The average molecular weight is 556 g/mol. The van der Waals surface area contributed by atoms with Gasteiger partial charge in [-0.1, -0.05) is 0 Å². The zero-order valence-corrected chi connectivity index (χ0v) is 25.3. The Kier molecular flexibility index (Phi) is 18.3. The smallest absolute Gasteiger partial charge is 0.329 e. The zero-order chi connectivity index (χ0) is 26.7. The molecule has 0 fully saturated rings. The number of unbranched alkanes of at least 4 members (excludes halogenated alkanes) is 1. The van der Waals surface area contributed by atoms with Gasteiger partial charge in [0.2, 0.25) is 0 Å². The summed E-state index contributed by atoms with van der Waals surface area (Å²) in [5, 5.41) is 5.11. The van der Waals surface area contributed by atoms with Crippen molar-refractivity contribution in [3.63, 3.8) is 0 Å². The van der Waals surface area contributed by atoms with Crippen molar-refractivity contribution in [3.05, 3.63) is 0 Å². The van der Waals surface area contributed by atoms with Gasteiger partial charge in [-0.2, -0.15) is 27.0 Å².